The number of nitro benzene ring substituents is 1. The number of rotatable bonds is 4. The number of carbonyl (C=O) groups excluding carboxylic acids is 3. The SMILES string of the molecule is CC(=O)C1=NN(c2ccccc2[N+](=O)[O-])[C@@H]2C(=O)N(c3ccc(Br)cc3)C(=O)[C@@H]12. The summed E-state index contributed by atoms with van der Waals surface area (Å²) in [7, 11) is 0. The van der Waals surface area contributed by atoms with E-state index in [0.717, 1.165) is 14.4 Å². The first kappa shape index (κ1) is 18.9. The molecule has 0 bridgehead atoms. The van der Waals surface area contributed by atoms with Crippen LogP contribution in [0.25, 0.3) is 0 Å². The van der Waals surface area contributed by atoms with Crippen molar-refractivity contribution in [2.45, 2.75) is 13.0 Å². The maximum absolute atomic E-state index is 13.2. The van der Waals surface area contributed by atoms with E-state index >= 15 is 0 Å². The van der Waals surface area contributed by atoms with Gasteiger partial charge in [-0.15, -0.1) is 0 Å². The zero-order chi connectivity index (χ0) is 20.9. The second kappa shape index (κ2) is 6.89. The van der Waals surface area contributed by atoms with Gasteiger partial charge in [-0.05, 0) is 30.3 Å². The first-order valence-corrected chi connectivity index (χ1v) is 9.36. The lowest BCUT2D eigenvalue weighted by molar-refractivity contribution is -0.384. The van der Waals surface area contributed by atoms with Gasteiger partial charge in [0.1, 0.15) is 23.4 Å². The van der Waals surface area contributed by atoms with Crippen molar-refractivity contribution in [1.82, 2.24) is 0 Å². The molecule has 4 rings (SSSR count). The molecule has 0 spiro atoms. The third kappa shape index (κ3) is 2.92. The van der Waals surface area contributed by atoms with Crippen molar-refractivity contribution >= 4 is 56.3 Å². The number of hydrazone groups is 1. The molecule has 1 saturated heterocycles. The van der Waals surface area contributed by atoms with Crippen LogP contribution in [-0.2, 0) is 14.4 Å². The van der Waals surface area contributed by atoms with E-state index < -0.39 is 34.5 Å². The number of fused-ring (bicyclic) bond motifs is 1. The van der Waals surface area contributed by atoms with Gasteiger partial charge in [0.15, 0.2) is 5.78 Å². The molecule has 2 aromatic carbocycles. The first-order valence-electron chi connectivity index (χ1n) is 8.56. The molecule has 2 atom stereocenters. The second-order valence-electron chi connectivity index (χ2n) is 6.54. The maximum atomic E-state index is 13.2. The van der Waals surface area contributed by atoms with Crippen LogP contribution in [0.15, 0.2) is 58.1 Å². The van der Waals surface area contributed by atoms with E-state index in [9.17, 15) is 24.5 Å². The maximum Gasteiger partial charge on any atom is 0.294 e. The van der Waals surface area contributed by atoms with Gasteiger partial charge in [-0.25, -0.2) is 9.91 Å². The summed E-state index contributed by atoms with van der Waals surface area (Å²) in [6.45, 7) is 1.25. The van der Waals surface area contributed by atoms with Crippen LogP contribution in [0.4, 0.5) is 17.1 Å². The molecule has 2 aromatic rings. The van der Waals surface area contributed by atoms with E-state index in [1.807, 2.05) is 0 Å². The number of halogens is 1. The van der Waals surface area contributed by atoms with Gasteiger partial charge in [0.2, 0.25) is 5.91 Å². The monoisotopic (exact) mass is 456 g/mol. The number of nitro groups is 1. The van der Waals surface area contributed by atoms with Crippen molar-refractivity contribution in [3.63, 3.8) is 0 Å². The Balaban J connectivity index is 1.84. The average Bonchev–Trinajstić information content (AvgIpc) is 3.20. The van der Waals surface area contributed by atoms with E-state index in [4.69, 9.17) is 0 Å². The predicted octanol–water partition coefficient (Wildman–Crippen LogP) is 2.68. The fourth-order valence-electron chi connectivity index (χ4n) is 3.56. The molecule has 1 fully saturated rings. The van der Waals surface area contributed by atoms with Gasteiger partial charge in [0, 0.05) is 17.5 Å². The molecule has 0 aliphatic carbocycles. The lowest BCUT2D eigenvalue weighted by Gasteiger charge is -2.21. The minimum Gasteiger partial charge on any atom is -0.293 e. The summed E-state index contributed by atoms with van der Waals surface area (Å²) in [5.41, 5.74) is 0.0267. The topological polar surface area (TPSA) is 113 Å². The highest BCUT2D eigenvalue weighted by Gasteiger charge is 2.58. The van der Waals surface area contributed by atoms with Crippen LogP contribution in [-0.4, -0.2) is 34.3 Å². The zero-order valence-corrected chi connectivity index (χ0v) is 16.6. The normalized spacial score (nSPS) is 20.7. The molecule has 2 heterocycles. The number of hydrogen-bond acceptors (Lipinski definition) is 7. The summed E-state index contributed by atoms with van der Waals surface area (Å²) in [5, 5.41) is 16.7. The first-order chi connectivity index (χ1) is 13.8. The Hall–Kier alpha value is -3.40. The molecule has 0 saturated carbocycles. The summed E-state index contributed by atoms with van der Waals surface area (Å²) in [6, 6.07) is 11.2. The molecule has 10 heteroatoms. The highest BCUT2D eigenvalue weighted by Crippen LogP contribution is 2.40. The zero-order valence-electron chi connectivity index (χ0n) is 15.0. The van der Waals surface area contributed by atoms with Gasteiger partial charge in [-0.2, -0.15) is 5.10 Å². The van der Waals surface area contributed by atoms with E-state index in [2.05, 4.69) is 21.0 Å². The van der Waals surface area contributed by atoms with Crippen molar-refractivity contribution in [3.05, 3.63) is 63.1 Å². The summed E-state index contributed by atoms with van der Waals surface area (Å²) >= 11 is 3.30. The highest BCUT2D eigenvalue weighted by molar-refractivity contribution is 9.10. The van der Waals surface area contributed by atoms with Crippen LogP contribution in [0, 0.1) is 16.0 Å². The van der Waals surface area contributed by atoms with Crippen molar-refractivity contribution in [2.75, 3.05) is 9.91 Å². The van der Waals surface area contributed by atoms with Crippen LogP contribution >= 0.6 is 15.9 Å². The Kier molecular flexibility index (Phi) is 4.50. The number of anilines is 2. The van der Waals surface area contributed by atoms with E-state index in [-0.39, 0.29) is 17.1 Å². The Bertz CT molecular complexity index is 1100. The predicted molar refractivity (Wildman–Crippen MR) is 108 cm³/mol. The largest absolute Gasteiger partial charge is 0.294 e. The van der Waals surface area contributed by atoms with Gasteiger partial charge in [0.25, 0.3) is 11.6 Å². The molecule has 9 nitrogen and oxygen atoms in total. The van der Waals surface area contributed by atoms with Gasteiger partial charge < -0.3 is 0 Å². The number of nitrogens with zero attached hydrogens (tertiary/aromatic N) is 4. The van der Waals surface area contributed by atoms with Crippen LogP contribution in [0.5, 0.6) is 0 Å². The molecular formula is C19H13BrN4O5. The van der Waals surface area contributed by atoms with E-state index in [0.29, 0.717) is 5.69 Å². The summed E-state index contributed by atoms with van der Waals surface area (Å²) in [4.78, 5) is 50.3. The molecule has 0 N–H and O–H groups in total. The molecule has 146 valence electrons. The van der Waals surface area contributed by atoms with Crippen LogP contribution in [0.2, 0.25) is 0 Å². The number of ketones is 1. The molecular weight excluding hydrogens is 444 g/mol. The number of hydrogen-bond donors (Lipinski definition) is 0. The Labute approximate surface area is 172 Å². The van der Waals surface area contributed by atoms with Crippen LogP contribution < -0.4 is 9.91 Å². The molecule has 0 aromatic heterocycles. The summed E-state index contributed by atoms with van der Waals surface area (Å²) < 4.78 is 0.771. The minimum atomic E-state index is -1.16. The minimum absolute atomic E-state index is 0.0440. The fourth-order valence-corrected chi connectivity index (χ4v) is 3.82. The Morgan fingerprint density at radius 3 is 2.38 bits per heavy atom. The second-order valence-corrected chi connectivity index (χ2v) is 7.46. The number of benzene rings is 2. The van der Waals surface area contributed by atoms with E-state index in [1.54, 1.807) is 30.3 Å². The van der Waals surface area contributed by atoms with Crippen molar-refractivity contribution in [1.29, 1.82) is 0 Å². The summed E-state index contributed by atoms with van der Waals surface area (Å²) in [5.74, 6) is -2.78. The smallest absolute Gasteiger partial charge is 0.293 e. The van der Waals surface area contributed by atoms with Crippen molar-refractivity contribution < 1.29 is 19.3 Å². The molecule has 29 heavy (non-hydrogen) atoms. The van der Waals surface area contributed by atoms with Crippen molar-refractivity contribution in [2.24, 2.45) is 11.0 Å². The summed E-state index contributed by atoms with van der Waals surface area (Å²) in [6.07, 6.45) is 0. The lowest BCUT2D eigenvalue weighted by Crippen LogP contribution is -2.39. The quantitative estimate of drug-likeness (QED) is 0.396. The lowest BCUT2D eigenvalue weighted by atomic mass is 9.95. The van der Waals surface area contributed by atoms with Gasteiger partial charge in [-0.1, -0.05) is 28.1 Å². The van der Waals surface area contributed by atoms with Gasteiger partial charge in [-0.3, -0.25) is 24.5 Å². The number of Topliss-reactive ketones (excluding diaryl/α,β-unsaturated/α-hetero) is 1. The molecule has 0 radical (unpaired) electrons. The fraction of sp³-hybridized carbons (Fsp3) is 0.158. The highest BCUT2D eigenvalue weighted by atomic mass is 79.9. The average molecular weight is 457 g/mol. The molecule has 2 aliphatic rings. The van der Waals surface area contributed by atoms with Gasteiger partial charge >= 0.3 is 0 Å². The number of para-hydroxylation sites is 2. The van der Waals surface area contributed by atoms with Crippen molar-refractivity contribution in [3.8, 4) is 0 Å². The Morgan fingerprint density at radius 2 is 1.76 bits per heavy atom. The van der Waals surface area contributed by atoms with E-state index in [1.165, 1.54) is 25.1 Å². The number of imide groups is 1. The molecule has 2 aliphatic heterocycles. The number of amides is 2. The molecule has 0 unspecified atom stereocenters. The molecule has 2 amide bonds. The third-order valence-corrected chi connectivity index (χ3v) is 5.35. The standard InChI is InChI=1S/C19H13BrN4O5/c1-10(25)16-15-17(23(21-16)13-4-2-3-5-14(13)24(28)29)19(27)22(18(15)26)12-8-6-11(20)7-9-12/h2-9,15,17H,1H3/t15-,17-/m0/s1. The van der Waals surface area contributed by atoms with Crippen LogP contribution in [0.3, 0.4) is 0 Å². The number of carbonyl (C=O) groups is 3. The van der Waals surface area contributed by atoms with Gasteiger partial charge in [0.05, 0.1) is 10.6 Å². The Morgan fingerprint density at radius 1 is 1.10 bits per heavy atom. The van der Waals surface area contributed by atoms with Crippen LogP contribution in [0.1, 0.15) is 6.92 Å². The third-order valence-electron chi connectivity index (χ3n) is 4.82.